The van der Waals surface area contributed by atoms with Crippen molar-refractivity contribution in [1.29, 1.82) is 0 Å². The summed E-state index contributed by atoms with van der Waals surface area (Å²) in [6.07, 6.45) is 0.889. The average Bonchev–Trinajstić information content (AvgIpc) is 2.66. The van der Waals surface area contributed by atoms with Crippen LogP contribution in [0.15, 0.2) is 48.5 Å². The third-order valence-corrected chi connectivity index (χ3v) is 4.57. The molecule has 0 aromatic heterocycles. The van der Waals surface area contributed by atoms with Crippen molar-refractivity contribution in [2.24, 2.45) is 0 Å². The quantitative estimate of drug-likeness (QED) is 0.609. The normalized spacial score (nSPS) is 14.3. The summed E-state index contributed by atoms with van der Waals surface area (Å²) in [6.45, 7) is 2.59. The lowest BCUT2D eigenvalue weighted by Crippen LogP contribution is -2.48. The number of piperazine rings is 1. The van der Waals surface area contributed by atoms with Gasteiger partial charge in [0.1, 0.15) is 5.82 Å². The minimum Gasteiger partial charge on any atom is -0.368 e. The van der Waals surface area contributed by atoms with E-state index < -0.39 is 4.92 Å². The van der Waals surface area contributed by atoms with Crippen LogP contribution in [0.2, 0.25) is 0 Å². The van der Waals surface area contributed by atoms with Crippen LogP contribution in [-0.4, -0.2) is 41.9 Å². The highest BCUT2D eigenvalue weighted by Gasteiger charge is 2.21. The second-order valence-corrected chi connectivity index (χ2v) is 6.27. The fourth-order valence-electron chi connectivity index (χ4n) is 3.10. The molecule has 6 nitrogen and oxygen atoms in total. The summed E-state index contributed by atoms with van der Waals surface area (Å²) in [5.41, 5.74) is 1.81. The summed E-state index contributed by atoms with van der Waals surface area (Å²) in [7, 11) is 0. The van der Waals surface area contributed by atoms with E-state index in [1.165, 1.54) is 24.3 Å². The van der Waals surface area contributed by atoms with Gasteiger partial charge < -0.3 is 9.80 Å². The van der Waals surface area contributed by atoms with Gasteiger partial charge in [-0.1, -0.05) is 12.1 Å². The molecule has 0 spiro atoms. The Morgan fingerprint density at radius 1 is 1.08 bits per heavy atom. The Hall–Kier alpha value is -2.96. The fourth-order valence-corrected chi connectivity index (χ4v) is 3.10. The van der Waals surface area contributed by atoms with Crippen molar-refractivity contribution >= 4 is 17.3 Å². The van der Waals surface area contributed by atoms with Gasteiger partial charge in [0.05, 0.1) is 4.92 Å². The Labute approximate surface area is 151 Å². The number of nitro groups is 1. The van der Waals surface area contributed by atoms with Crippen LogP contribution >= 0.6 is 0 Å². The van der Waals surface area contributed by atoms with Crippen LogP contribution in [0.5, 0.6) is 0 Å². The molecular weight excluding hydrogens is 337 g/mol. The molecule has 0 N–H and O–H groups in total. The molecule has 0 atom stereocenters. The van der Waals surface area contributed by atoms with Crippen molar-refractivity contribution in [3.63, 3.8) is 0 Å². The lowest BCUT2D eigenvalue weighted by Gasteiger charge is -2.36. The number of non-ortho nitro benzene ring substituents is 1. The Bertz CT molecular complexity index is 787. The smallest absolute Gasteiger partial charge is 0.269 e. The molecule has 26 heavy (non-hydrogen) atoms. The predicted octanol–water partition coefficient (Wildman–Crippen LogP) is 3.02. The number of amides is 1. The summed E-state index contributed by atoms with van der Waals surface area (Å²) in [5.74, 6) is -0.218. The average molecular weight is 357 g/mol. The summed E-state index contributed by atoms with van der Waals surface area (Å²) in [5, 5.41) is 10.7. The zero-order chi connectivity index (χ0) is 18.5. The molecule has 0 bridgehead atoms. The van der Waals surface area contributed by atoms with E-state index in [1.54, 1.807) is 18.2 Å². The number of benzene rings is 2. The third kappa shape index (κ3) is 4.36. The molecule has 1 amide bonds. The summed E-state index contributed by atoms with van der Waals surface area (Å²) in [6, 6.07) is 12.8. The zero-order valence-corrected chi connectivity index (χ0v) is 14.3. The molecule has 3 rings (SSSR count). The molecule has 0 saturated carbocycles. The summed E-state index contributed by atoms with van der Waals surface area (Å²) in [4.78, 5) is 26.6. The Morgan fingerprint density at radius 3 is 2.38 bits per heavy atom. The first kappa shape index (κ1) is 17.8. The van der Waals surface area contributed by atoms with Gasteiger partial charge in [-0.2, -0.15) is 0 Å². The Morgan fingerprint density at radius 2 is 1.77 bits per heavy atom. The van der Waals surface area contributed by atoms with Crippen molar-refractivity contribution in [2.75, 3.05) is 31.1 Å². The van der Waals surface area contributed by atoms with Crippen molar-refractivity contribution in [3.05, 3.63) is 70.0 Å². The number of hydrogen-bond donors (Lipinski definition) is 0. The lowest BCUT2D eigenvalue weighted by molar-refractivity contribution is -0.384. The van der Waals surface area contributed by atoms with Crippen LogP contribution in [0.4, 0.5) is 15.8 Å². The number of carbonyl (C=O) groups excluding carboxylic acids is 1. The van der Waals surface area contributed by atoms with Crippen LogP contribution in [0.25, 0.3) is 0 Å². The monoisotopic (exact) mass is 357 g/mol. The van der Waals surface area contributed by atoms with Gasteiger partial charge >= 0.3 is 0 Å². The van der Waals surface area contributed by atoms with Crippen molar-refractivity contribution < 1.29 is 14.1 Å². The molecule has 1 aliphatic heterocycles. The Balaban J connectivity index is 1.49. The fraction of sp³-hybridized carbons (Fsp3) is 0.316. The highest BCUT2D eigenvalue weighted by molar-refractivity contribution is 5.76. The molecular formula is C19H20FN3O3. The maximum absolute atomic E-state index is 13.2. The summed E-state index contributed by atoms with van der Waals surface area (Å²) < 4.78 is 13.2. The largest absolute Gasteiger partial charge is 0.368 e. The second-order valence-electron chi connectivity index (χ2n) is 6.27. The maximum Gasteiger partial charge on any atom is 0.269 e. The first-order chi connectivity index (χ1) is 12.5. The van der Waals surface area contributed by atoms with Crippen LogP contribution in [0.1, 0.15) is 12.0 Å². The van der Waals surface area contributed by atoms with Gasteiger partial charge in [-0.15, -0.1) is 0 Å². The SMILES string of the molecule is O=C(CCc1cccc(F)c1)N1CCN(c2ccc([N+](=O)[O-])cc2)CC1. The molecule has 1 aliphatic rings. The van der Waals surface area contributed by atoms with E-state index in [0.717, 1.165) is 11.3 Å². The topological polar surface area (TPSA) is 66.7 Å². The minimum absolute atomic E-state index is 0.0672. The summed E-state index contributed by atoms with van der Waals surface area (Å²) >= 11 is 0. The molecule has 1 fully saturated rings. The van der Waals surface area contributed by atoms with Crippen LogP contribution in [0.3, 0.4) is 0 Å². The Kier molecular flexibility index (Phi) is 5.46. The predicted molar refractivity (Wildman–Crippen MR) is 96.6 cm³/mol. The van der Waals surface area contributed by atoms with E-state index in [2.05, 4.69) is 4.90 Å². The number of nitrogens with zero attached hydrogens (tertiary/aromatic N) is 3. The van der Waals surface area contributed by atoms with E-state index in [0.29, 0.717) is 39.0 Å². The number of hydrogen-bond acceptors (Lipinski definition) is 4. The molecule has 0 aliphatic carbocycles. The zero-order valence-electron chi connectivity index (χ0n) is 14.3. The van der Waals surface area contributed by atoms with Crippen LogP contribution in [0, 0.1) is 15.9 Å². The number of anilines is 1. The molecule has 0 unspecified atom stereocenters. The number of halogens is 1. The second kappa shape index (κ2) is 7.95. The first-order valence-corrected chi connectivity index (χ1v) is 8.54. The highest BCUT2D eigenvalue weighted by Crippen LogP contribution is 2.21. The number of nitro benzene ring substituents is 1. The van der Waals surface area contributed by atoms with E-state index in [9.17, 15) is 19.3 Å². The molecule has 0 radical (unpaired) electrons. The molecule has 1 heterocycles. The first-order valence-electron chi connectivity index (χ1n) is 8.54. The van der Waals surface area contributed by atoms with Gasteiger partial charge in [0, 0.05) is 50.4 Å². The molecule has 2 aromatic carbocycles. The lowest BCUT2D eigenvalue weighted by atomic mass is 10.1. The third-order valence-electron chi connectivity index (χ3n) is 4.57. The van der Waals surface area contributed by atoms with E-state index >= 15 is 0 Å². The van der Waals surface area contributed by atoms with Crippen LogP contribution in [-0.2, 0) is 11.2 Å². The van der Waals surface area contributed by atoms with E-state index in [1.807, 2.05) is 11.0 Å². The highest BCUT2D eigenvalue weighted by atomic mass is 19.1. The van der Waals surface area contributed by atoms with E-state index in [-0.39, 0.29) is 17.4 Å². The minimum atomic E-state index is -0.418. The van der Waals surface area contributed by atoms with Gasteiger partial charge in [0.15, 0.2) is 0 Å². The van der Waals surface area contributed by atoms with Crippen LogP contribution < -0.4 is 4.90 Å². The molecule has 1 saturated heterocycles. The van der Waals surface area contributed by atoms with Gasteiger partial charge in [-0.3, -0.25) is 14.9 Å². The molecule has 136 valence electrons. The van der Waals surface area contributed by atoms with Gasteiger partial charge in [0.25, 0.3) is 5.69 Å². The van der Waals surface area contributed by atoms with Crippen molar-refractivity contribution in [3.8, 4) is 0 Å². The number of carbonyl (C=O) groups is 1. The molecule has 2 aromatic rings. The van der Waals surface area contributed by atoms with Gasteiger partial charge in [0.2, 0.25) is 5.91 Å². The number of aryl methyl sites for hydroxylation is 1. The van der Waals surface area contributed by atoms with Gasteiger partial charge in [-0.05, 0) is 36.2 Å². The maximum atomic E-state index is 13.2. The number of rotatable bonds is 5. The molecule has 7 heteroatoms. The van der Waals surface area contributed by atoms with Gasteiger partial charge in [-0.25, -0.2) is 4.39 Å². The van der Waals surface area contributed by atoms with E-state index in [4.69, 9.17) is 0 Å². The standard InChI is InChI=1S/C19H20FN3O3/c20-16-3-1-2-15(14-16)4-9-19(24)22-12-10-21(11-13-22)17-5-7-18(8-6-17)23(25)26/h1-3,5-8,14H,4,9-13H2. The van der Waals surface area contributed by atoms with Crippen molar-refractivity contribution in [1.82, 2.24) is 4.90 Å². The van der Waals surface area contributed by atoms with Crippen molar-refractivity contribution in [2.45, 2.75) is 12.8 Å².